The van der Waals surface area contributed by atoms with Crippen LogP contribution in [0.15, 0.2) is 47.7 Å². The van der Waals surface area contributed by atoms with Gasteiger partial charge in [0.15, 0.2) is 0 Å². The molecule has 0 N–H and O–H groups in total. The number of aromatic nitrogens is 4. The first-order valence-corrected chi connectivity index (χ1v) is 8.39. The summed E-state index contributed by atoms with van der Waals surface area (Å²) in [6.45, 7) is 4.62. The van der Waals surface area contributed by atoms with Crippen molar-refractivity contribution in [3.05, 3.63) is 64.5 Å². The summed E-state index contributed by atoms with van der Waals surface area (Å²) < 4.78 is 3.60. The third kappa shape index (κ3) is 2.97. The molecule has 24 heavy (non-hydrogen) atoms. The average molecular weight is 323 g/mol. The van der Waals surface area contributed by atoms with Crippen molar-refractivity contribution >= 4 is 5.65 Å². The van der Waals surface area contributed by atoms with Gasteiger partial charge < -0.3 is 0 Å². The van der Waals surface area contributed by atoms with E-state index in [1.54, 1.807) is 10.5 Å². The summed E-state index contributed by atoms with van der Waals surface area (Å²) in [5.74, 6) is 0. The number of hydrogen-bond acceptors (Lipinski definition) is 4. The number of likely N-dealkylation sites (tertiary alicyclic amines) is 1. The molecule has 1 atom stereocenters. The van der Waals surface area contributed by atoms with E-state index < -0.39 is 0 Å². The van der Waals surface area contributed by atoms with E-state index in [0.717, 1.165) is 30.8 Å². The summed E-state index contributed by atoms with van der Waals surface area (Å²) in [6.07, 6.45) is 7.99. The first kappa shape index (κ1) is 15.1. The molecule has 0 amide bonds. The van der Waals surface area contributed by atoms with Gasteiger partial charge in [0.2, 0.25) is 0 Å². The van der Waals surface area contributed by atoms with Crippen LogP contribution in [0.5, 0.6) is 0 Å². The van der Waals surface area contributed by atoms with Crippen molar-refractivity contribution in [2.75, 3.05) is 6.54 Å². The molecule has 0 unspecified atom stereocenters. The number of rotatable bonds is 4. The van der Waals surface area contributed by atoms with Crippen LogP contribution in [-0.2, 0) is 13.1 Å². The van der Waals surface area contributed by atoms with Crippen LogP contribution in [-0.4, -0.2) is 36.7 Å². The second kappa shape index (κ2) is 6.20. The van der Waals surface area contributed by atoms with Crippen molar-refractivity contribution in [2.45, 2.75) is 38.9 Å². The maximum Gasteiger partial charge on any atom is 0.258 e. The Morgan fingerprint density at radius 2 is 2.25 bits per heavy atom. The number of nitrogens with zero attached hydrogens (tertiary/aromatic N) is 5. The highest BCUT2D eigenvalue weighted by molar-refractivity contribution is 5.39. The lowest BCUT2D eigenvalue weighted by atomic mass is 10.2. The van der Waals surface area contributed by atoms with E-state index in [2.05, 4.69) is 15.0 Å². The maximum atomic E-state index is 12.4. The molecule has 0 saturated carbocycles. The minimum Gasteiger partial charge on any atom is -0.293 e. The molecule has 3 aromatic rings. The Morgan fingerprint density at radius 1 is 1.33 bits per heavy atom. The fourth-order valence-corrected chi connectivity index (χ4v) is 3.48. The van der Waals surface area contributed by atoms with E-state index in [1.165, 1.54) is 6.42 Å². The van der Waals surface area contributed by atoms with Crippen LogP contribution in [0.25, 0.3) is 5.65 Å². The van der Waals surface area contributed by atoms with Crippen LogP contribution in [0.1, 0.15) is 24.1 Å². The van der Waals surface area contributed by atoms with Crippen molar-refractivity contribution in [3.63, 3.8) is 0 Å². The van der Waals surface area contributed by atoms with Crippen LogP contribution in [0, 0.1) is 6.92 Å². The molecule has 0 bridgehead atoms. The molecule has 1 aliphatic rings. The normalized spacial score (nSPS) is 18.5. The van der Waals surface area contributed by atoms with Crippen molar-refractivity contribution in [3.8, 4) is 0 Å². The van der Waals surface area contributed by atoms with Crippen LogP contribution >= 0.6 is 0 Å². The smallest absolute Gasteiger partial charge is 0.258 e. The zero-order valence-electron chi connectivity index (χ0n) is 13.8. The summed E-state index contributed by atoms with van der Waals surface area (Å²) in [6, 6.07) is 7.96. The summed E-state index contributed by atoms with van der Waals surface area (Å²) in [5, 5.41) is 4.31. The number of pyridine rings is 1. The SMILES string of the molecule is Cc1ccc2nc(CN3CCC[C@H]3Cn3cccn3)cc(=O)n2c1. The van der Waals surface area contributed by atoms with Crippen LogP contribution < -0.4 is 5.56 Å². The fourth-order valence-electron chi connectivity index (χ4n) is 3.48. The van der Waals surface area contributed by atoms with E-state index in [9.17, 15) is 4.79 Å². The van der Waals surface area contributed by atoms with Crippen molar-refractivity contribution in [1.82, 2.24) is 24.1 Å². The average Bonchev–Trinajstić information content (AvgIpc) is 3.21. The summed E-state index contributed by atoms with van der Waals surface area (Å²) in [5.41, 5.74) is 2.60. The van der Waals surface area contributed by atoms with Gasteiger partial charge in [0, 0.05) is 37.2 Å². The highest BCUT2D eigenvalue weighted by atomic mass is 16.1. The molecule has 1 saturated heterocycles. The van der Waals surface area contributed by atoms with Gasteiger partial charge in [-0.15, -0.1) is 0 Å². The summed E-state index contributed by atoms with van der Waals surface area (Å²) >= 11 is 0. The van der Waals surface area contributed by atoms with Crippen LogP contribution in [0.3, 0.4) is 0 Å². The summed E-state index contributed by atoms with van der Waals surface area (Å²) in [4.78, 5) is 19.4. The zero-order chi connectivity index (χ0) is 16.5. The Labute approximate surface area is 140 Å². The topological polar surface area (TPSA) is 55.4 Å². The standard InChI is InChI=1S/C18H21N5O/c1-14-5-6-17-20-15(10-18(24)23(17)11-14)12-21-8-2-4-16(21)13-22-9-3-7-19-22/h3,5-7,9-11,16H,2,4,8,12-13H2,1H3/t16-/m0/s1. The zero-order valence-corrected chi connectivity index (χ0v) is 13.8. The third-order valence-corrected chi connectivity index (χ3v) is 4.68. The molecule has 0 aliphatic carbocycles. The van der Waals surface area contributed by atoms with E-state index >= 15 is 0 Å². The molecule has 6 nitrogen and oxygen atoms in total. The van der Waals surface area contributed by atoms with Gasteiger partial charge in [-0.2, -0.15) is 5.10 Å². The predicted molar refractivity (Wildman–Crippen MR) is 91.9 cm³/mol. The first-order valence-electron chi connectivity index (χ1n) is 8.39. The Kier molecular flexibility index (Phi) is 3.90. The van der Waals surface area contributed by atoms with Gasteiger partial charge in [-0.3, -0.25) is 18.8 Å². The predicted octanol–water partition coefficient (Wildman–Crippen LogP) is 1.86. The lowest BCUT2D eigenvalue weighted by Gasteiger charge is -2.24. The number of fused-ring (bicyclic) bond motifs is 1. The Balaban J connectivity index is 1.57. The highest BCUT2D eigenvalue weighted by Gasteiger charge is 2.25. The molecule has 1 aliphatic heterocycles. The molecule has 1 fully saturated rings. The van der Waals surface area contributed by atoms with Crippen molar-refractivity contribution in [1.29, 1.82) is 0 Å². The Bertz CT molecular complexity index is 899. The van der Waals surface area contributed by atoms with Gasteiger partial charge in [-0.05, 0) is 44.0 Å². The van der Waals surface area contributed by atoms with Gasteiger partial charge in [0.05, 0.1) is 12.2 Å². The lowest BCUT2D eigenvalue weighted by molar-refractivity contribution is 0.217. The quantitative estimate of drug-likeness (QED) is 0.735. The van der Waals surface area contributed by atoms with Crippen LogP contribution in [0.4, 0.5) is 0 Å². The van der Waals surface area contributed by atoms with E-state index in [4.69, 9.17) is 0 Å². The molecule has 4 heterocycles. The van der Waals surface area contributed by atoms with Crippen molar-refractivity contribution < 1.29 is 0 Å². The molecule has 3 aromatic heterocycles. The molecule has 0 spiro atoms. The first-order chi connectivity index (χ1) is 11.7. The van der Waals surface area contributed by atoms with Gasteiger partial charge in [-0.1, -0.05) is 6.07 Å². The molecule has 0 aromatic carbocycles. The molecule has 4 rings (SSSR count). The largest absolute Gasteiger partial charge is 0.293 e. The second-order valence-electron chi connectivity index (χ2n) is 6.51. The monoisotopic (exact) mass is 323 g/mol. The number of aryl methyl sites for hydroxylation is 1. The Hall–Kier alpha value is -2.47. The van der Waals surface area contributed by atoms with E-state index in [1.807, 2.05) is 48.4 Å². The molecular formula is C18H21N5O. The lowest BCUT2D eigenvalue weighted by Crippen LogP contribution is -2.33. The van der Waals surface area contributed by atoms with Crippen molar-refractivity contribution in [2.24, 2.45) is 0 Å². The molecular weight excluding hydrogens is 302 g/mol. The van der Waals surface area contributed by atoms with E-state index in [0.29, 0.717) is 18.2 Å². The highest BCUT2D eigenvalue weighted by Crippen LogP contribution is 2.20. The molecule has 124 valence electrons. The fraction of sp³-hybridized carbons (Fsp3) is 0.389. The Morgan fingerprint density at radius 3 is 3.08 bits per heavy atom. The van der Waals surface area contributed by atoms with E-state index in [-0.39, 0.29) is 5.56 Å². The minimum absolute atomic E-state index is 0.0125. The van der Waals surface area contributed by atoms with Gasteiger partial charge in [-0.25, -0.2) is 4.98 Å². The maximum absolute atomic E-state index is 12.4. The van der Waals surface area contributed by atoms with Gasteiger partial charge >= 0.3 is 0 Å². The summed E-state index contributed by atoms with van der Waals surface area (Å²) in [7, 11) is 0. The minimum atomic E-state index is -0.0125. The molecule has 6 heteroatoms. The number of hydrogen-bond donors (Lipinski definition) is 0. The molecule has 0 radical (unpaired) electrons. The second-order valence-corrected chi connectivity index (χ2v) is 6.51. The van der Waals surface area contributed by atoms with Gasteiger partial charge in [0.1, 0.15) is 5.65 Å². The van der Waals surface area contributed by atoms with Gasteiger partial charge in [0.25, 0.3) is 5.56 Å². The van der Waals surface area contributed by atoms with Crippen LogP contribution in [0.2, 0.25) is 0 Å². The third-order valence-electron chi connectivity index (χ3n) is 4.68.